The fraction of sp³-hybridized carbons (Fsp3) is 0.300. The maximum atomic E-state index is 12.9. The van der Waals surface area contributed by atoms with E-state index in [1.165, 1.54) is 41.7 Å². The van der Waals surface area contributed by atoms with Crippen LogP contribution >= 0.6 is 23.2 Å². The Morgan fingerprint density at radius 3 is 2.23 bits per heavy atom. The first kappa shape index (κ1) is 23.3. The number of carbonyl (C=O) groups is 2. The lowest BCUT2D eigenvalue weighted by atomic mass is 10.2. The monoisotopic (exact) mass is 485 g/mol. The number of amides is 2. The molecule has 1 aliphatic heterocycles. The molecular weight excluding hydrogens is 465 g/mol. The maximum absolute atomic E-state index is 12.9. The van der Waals surface area contributed by atoms with Crippen molar-refractivity contribution in [2.24, 2.45) is 0 Å². The highest BCUT2D eigenvalue weighted by atomic mass is 35.5. The van der Waals surface area contributed by atoms with Gasteiger partial charge in [0.05, 0.1) is 28.2 Å². The zero-order valence-corrected chi connectivity index (χ0v) is 19.0. The standard InChI is InChI=1S/C20H21Cl2N3O5S/c1-30-18-8-5-13(21)11-16(18)20(27)24-23-19(26)15-12-14(6-7-17(15)22)31(28,29)25-9-3-2-4-10-25/h5-8,11-12H,2-4,9-10H2,1H3,(H,23,26)(H,24,27). The number of hydrogen-bond acceptors (Lipinski definition) is 5. The molecule has 0 aromatic heterocycles. The Morgan fingerprint density at radius 2 is 1.58 bits per heavy atom. The van der Waals surface area contributed by atoms with Crippen LogP contribution in [-0.4, -0.2) is 44.7 Å². The first-order valence-corrected chi connectivity index (χ1v) is 11.7. The minimum Gasteiger partial charge on any atom is -0.496 e. The van der Waals surface area contributed by atoms with Crippen molar-refractivity contribution in [1.82, 2.24) is 15.2 Å². The van der Waals surface area contributed by atoms with Gasteiger partial charge in [-0.25, -0.2) is 8.42 Å². The SMILES string of the molecule is COc1ccc(Cl)cc1C(=O)NNC(=O)c1cc(S(=O)(=O)N2CCCCC2)ccc1Cl. The first-order valence-electron chi connectivity index (χ1n) is 9.48. The lowest BCUT2D eigenvalue weighted by Crippen LogP contribution is -2.42. The van der Waals surface area contributed by atoms with Crippen LogP contribution in [0.2, 0.25) is 10.0 Å². The van der Waals surface area contributed by atoms with Crippen molar-refractivity contribution in [1.29, 1.82) is 0 Å². The van der Waals surface area contributed by atoms with Gasteiger partial charge in [-0.2, -0.15) is 4.31 Å². The van der Waals surface area contributed by atoms with E-state index in [4.69, 9.17) is 27.9 Å². The first-order chi connectivity index (χ1) is 14.7. The van der Waals surface area contributed by atoms with Crippen LogP contribution in [0.4, 0.5) is 0 Å². The summed E-state index contributed by atoms with van der Waals surface area (Å²) in [5.74, 6) is -1.17. The lowest BCUT2D eigenvalue weighted by molar-refractivity contribution is 0.0845. The number of piperidine rings is 1. The summed E-state index contributed by atoms with van der Waals surface area (Å²) in [6, 6.07) is 8.37. The average Bonchev–Trinajstić information content (AvgIpc) is 2.78. The molecule has 31 heavy (non-hydrogen) atoms. The van der Waals surface area contributed by atoms with Gasteiger partial charge in [-0.3, -0.25) is 20.4 Å². The second-order valence-corrected chi connectivity index (χ2v) is 9.64. The number of benzene rings is 2. The second-order valence-electron chi connectivity index (χ2n) is 6.86. The number of ether oxygens (including phenoxy) is 1. The molecule has 1 aliphatic rings. The Labute approximate surface area is 190 Å². The van der Waals surface area contributed by atoms with Crippen LogP contribution in [0.15, 0.2) is 41.3 Å². The number of hydrogen-bond donors (Lipinski definition) is 2. The van der Waals surface area contributed by atoms with Gasteiger partial charge >= 0.3 is 0 Å². The predicted molar refractivity (Wildman–Crippen MR) is 117 cm³/mol. The summed E-state index contributed by atoms with van der Waals surface area (Å²) in [6.45, 7) is 0.869. The van der Waals surface area contributed by atoms with E-state index < -0.39 is 21.8 Å². The fourth-order valence-corrected chi connectivity index (χ4v) is 5.12. The minimum atomic E-state index is -3.75. The molecule has 166 valence electrons. The third-order valence-electron chi connectivity index (χ3n) is 4.83. The molecule has 2 N–H and O–H groups in total. The van der Waals surface area contributed by atoms with Crippen molar-refractivity contribution >= 4 is 45.0 Å². The number of sulfonamides is 1. The van der Waals surface area contributed by atoms with Crippen LogP contribution in [0.25, 0.3) is 0 Å². The topological polar surface area (TPSA) is 105 Å². The highest BCUT2D eigenvalue weighted by Crippen LogP contribution is 2.25. The van der Waals surface area contributed by atoms with E-state index in [0.29, 0.717) is 18.1 Å². The molecule has 0 spiro atoms. The summed E-state index contributed by atoms with van der Waals surface area (Å²) < 4.78 is 32.3. The Kier molecular flexibility index (Phi) is 7.42. The van der Waals surface area contributed by atoms with Crippen LogP contribution in [0, 0.1) is 0 Å². The Morgan fingerprint density at radius 1 is 0.935 bits per heavy atom. The van der Waals surface area contributed by atoms with Crippen molar-refractivity contribution in [3.8, 4) is 5.75 Å². The number of rotatable bonds is 5. The van der Waals surface area contributed by atoms with Gasteiger partial charge in [0.1, 0.15) is 5.75 Å². The summed E-state index contributed by atoms with van der Waals surface area (Å²) in [5.41, 5.74) is 4.52. The molecule has 1 heterocycles. The Balaban J connectivity index is 1.77. The maximum Gasteiger partial charge on any atom is 0.273 e. The van der Waals surface area contributed by atoms with E-state index >= 15 is 0 Å². The van der Waals surface area contributed by atoms with Crippen molar-refractivity contribution in [2.45, 2.75) is 24.2 Å². The predicted octanol–water partition coefficient (Wildman–Crippen LogP) is 3.25. The zero-order valence-electron chi connectivity index (χ0n) is 16.7. The fourth-order valence-electron chi connectivity index (χ4n) is 3.20. The van der Waals surface area contributed by atoms with E-state index in [2.05, 4.69) is 10.9 Å². The van der Waals surface area contributed by atoms with E-state index in [1.54, 1.807) is 6.07 Å². The van der Waals surface area contributed by atoms with Crippen molar-refractivity contribution < 1.29 is 22.7 Å². The molecular formula is C20H21Cl2N3O5S. The summed E-state index contributed by atoms with van der Waals surface area (Å²) in [6.07, 6.45) is 2.57. The van der Waals surface area contributed by atoms with E-state index in [-0.39, 0.29) is 26.8 Å². The molecule has 2 aromatic rings. The van der Waals surface area contributed by atoms with Crippen LogP contribution in [0.3, 0.4) is 0 Å². The summed E-state index contributed by atoms with van der Waals surface area (Å²) >= 11 is 12.0. The molecule has 0 radical (unpaired) electrons. The van der Waals surface area contributed by atoms with Crippen molar-refractivity contribution in [3.63, 3.8) is 0 Å². The quantitative estimate of drug-likeness (QED) is 0.632. The van der Waals surface area contributed by atoms with Gasteiger partial charge in [-0.05, 0) is 49.2 Å². The normalized spacial score (nSPS) is 14.7. The third kappa shape index (κ3) is 5.30. The van der Waals surface area contributed by atoms with E-state index in [9.17, 15) is 18.0 Å². The molecule has 2 amide bonds. The number of methoxy groups -OCH3 is 1. The largest absolute Gasteiger partial charge is 0.496 e. The van der Waals surface area contributed by atoms with Crippen LogP contribution < -0.4 is 15.6 Å². The smallest absolute Gasteiger partial charge is 0.273 e. The van der Waals surface area contributed by atoms with Crippen LogP contribution in [0.5, 0.6) is 5.75 Å². The molecule has 2 aromatic carbocycles. The third-order valence-corrected chi connectivity index (χ3v) is 7.29. The number of nitrogens with one attached hydrogen (secondary N) is 2. The van der Waals surface area contributed by atoms with E-state index in [0.717, 1.165) is 19.3 Å². The molecule has 0 aliphatic carbocycles. The number of hydrazine groups is 1. The van der Waals surface area contributed by atoms with Gasteiger partial charge < -0.3 is 4.74 Å². The van der Waals surface area contributed by atoms with Gasteiger partial charge in [-0.1, -0.05) is 29.6 Å². The summed E-state index contributed by atoms with van der Waals surface area (Å²) in [4.78, 5) is 25.0. The molecule has 3 rings (SSSR count). The number of carbonyl (C=O) groups excluding carboxylic acids is 2. The Hall–Kier alpha value is -2.33. The van der Waals surface area contributed by atoms with Crippen molar-refractivity contribution in [2.75, 3.05) is 20.2 Å². The Bertz CT molecular complexity index is 1100. The highest BCUT2D eigenvalue weighted by Gasteiger charge is 2.27. The van der Waals surface area contributed by atoms with Gasteiger partial charge in [0, 0.05) is 18.1 Å². The molecule has 1 fully saturated rings. The lowest BCUT2D eigenvalue weighted by Gasteiger charge is -2.26. The minimum absolute atomic E-state index is 0.0354. The molecule has 0 atom stereocenters. The van der Waals surface area contributed by atoms with Crippen LogP contribution in [-0.2, 0) is 10.0 Å². The van der Waals surface area contributed by atoms with E-state index in [1.807, 2.05) is 0 Å². The second kappa shape index (κ2) is 9.86. The molecule has 11 heteroatoms. The summed E-state index contributed by atoms with van der Waals surface area (Å²) in [7, 11) is -2.35. The summed E-state index contributed by atoms with van der Waals surface area (Å²) in [5, 5.41) is 0.362. The zero-order chi connectivity index (χ0) is 22.6. The highest BCUT2D eigenvalue weighted by molar-refractivity contribution is 7.89. The van der Waals surface area contributed by atoms with Gasteiger partial charge in [0.2, 0.25) is 10.0 Å². The average molecular weight is 486 g/mol. The van der Waals surface area contributed by atoms with Gasteiger partial charge in [0.15, 0.2) is 0 Å². The number of halogens is 2. The molecule has 0 unspecified atom stereocenters. The molecule has 0 bridgehead atoms. The number of nitrogens with zero attached hydrogens (tertiary/aromatic N) is 1. The van der Waals surface area contributed by atoms with Crippen LogP contribution in [0.1, 0.15) is 40.0 Å². The van der Waals surface area contributed by atoms with Gasteiger partial charge in [0.25, 0.3) is 11.8 Å². The van der Waals surface area contributed by atoms with Crippen molar-refractivity contribution in [3.05, 3.63) is 57.6 Å². The molecule has 1 saturated heterocycles. The van der Waals surface area contributed by atoms with Gasteiger partial charge in [-0.15, -0.1) is 0 Å². The molecule has 0 saturated carbocycles. The molecule has 8 nitrogen and oxygen atoms in total.